The summed E-state index contributed by atoms with van der Waals surface area (Å²) in [6, 6.07) is 14.4. The number of aryl methyl sites for hydroxylation is 2. The van der Waals surface area contributed by atoms with E-state index in [1.807, 2.05) is 16.8 Å². The molecule has 4 aromatic rings. The molecule has 0 spiro atoms. The van der Waals surface area contributed by atoms with Gasteiger partial charge < -0.3 is 14.6 Å². The van der Waals surface area contributed by atoms with Gasteiger partial charge in [-0.25, -0.2) is 4.68 Å². The Morgan fingerprint density at radius 1 is 1.10 bits per heavy atom. The number of piperazine rings is 1. The van der Waals surface area contributed by atoms with Crippen LogP contribution < -0.4 is 10.5 Å². The molecule has 0 saturated carbocycles. The van der Waals surface area contributed by atoms with E-state index < -0.39 is 0 Å². The van der Waals surface area contributed by atoms with Crippen molar-refractivity contribution in [1.82, 2.24) is 30.1 Å². The molecule has 0 aliphatic carbocycles. The Labute approximate surface area is 228 Å². The maximum Gasteiger partial charge on any atom is 0.253 e. The molecule has 4 heterocycles. The van der Waals surface area contributed by atoms with Crippen molar-refractivity contribution in [2.24, 2.45) is 0 Å². The number of anilines is 1. The number of fused-ring (bicyclic) bond motifs is 1. The summed E-state index contributed by atoms with van der Waals surface area (Å²) in [7, 11) is 0. The molecule has 2 fully saturated rings. The van der Waals surface area contributed by atoms with Crippen LogP contribution in [0.2, 0.25) is 0 Å². The minimum absolute atomic E-state index is 0.0936. The lowest BCUT2D eigenvalue weighted by atomic mass is 10.0. The molecule has 9 nitrogen and oxygen atoms in total. The summed E-state index contributed by atoms with van der Waals surface area (Å²) >= 11 is 0. The SMILES string of the molecule is CCc1ccc2[nH]c(=O)c([C@@H](c3nnnn3C[C@H]3CCCO3)N3CCN(c4cccc(C)c4C)CC3)cc2c1. The highest BCUT2D eigenvalue weighted by molar-refractivity contribution is 5.80. The van der Waals surface area contributed by atoms with E-state index in [4.69, 9.17) is 4.74 Å². The zero-order valence-electron chi connectivity index (χ0n) is 23.1. The van der Waals surface area contributed by atoms with Gasteiger partial charge in [0.1, 0.15) is 6.04 Å². The molecule has 2 aliphatic rings. The van der Waals surface area contributed by atoms with Gasteiger partial charge >= 0.3 is 0 Å². The van der Waals surface area contributed by atoms with Crippen molar-refractivity contribution in [1.29, 1.82) is 0 Å². The Kier molecular flexibility index (Phi) is 7.18. The molecule has 204 valence electrons. The smallest absolute Gasteiger partial charge is 0.253 e. The molecule has 2 saturated heterocycles. The maximum absolute atomic E-state index is 13.6. The molecule has 0 amide bonds. The van der Waals surface area contributed by atoms with Crippen LogP contribution in [-0.4, -0.2) is 69.0 Å². The summed E-state index contributed by atoms with van der Waals surface area (Å²) in [5.74, 6) is 0.696. The first-order valence-electron chi connectivity index (χ1n) is 14.1. The largest absolute Gasteiger partial charge is 0.376 e. The number of pyridine rings is 1. The van der Waals surface area contributed by atoms with Gasteiger partial charge in [0.05, 0.1) is 12.6 Å². The summed E-state index contributed by atoms with van der Waals surface area (Å²) in [6.45, 7) is 11.2. The van der Waals surface area contributed by atoms with Crippen LogP contribution in [-0.2, 0) is 17.7 Å². The van der Waals surface area contributed by atoms with E-state index in [9.17, 15) is 4.79 Å². The van der Waals surface area contributed by atoms with Crippen LogP contribution >= 0.6 is 0 Å². The number of aromatic nitrogens is 5. The summed E-state index contributed by atoms with van der Waals surface area (Å²) in [4.78, 5) is 21.5. The van der Waals surface area contributed by atoms with E-state index in [-0.39, 0.29) is 17.7 Å². The first kappa shape index (κ1) is 25.7. The van der Waals surface area contributed by atoms with E-state index in [0.717, 1.165) is 63.0 Å². The third-order valence-corrected chi connectivity index (χ3v) is 8.44. The normalized spacial score (nSPS) is 19.2. The number of benzene rings is 2. The molecular weight excluding hydrogens is 490 g/mol. The van der Waals surface area contributed by atoms with Gasteiger partial charge in [0.25, 0.3) is 5.56 Å². The highest BCUT2D eigenvalue weighted by atomic mass is 16.5. The number of ether oxygens (including phenoxy) is 1. The molecule has 2 aliphatic heterocycles. The molecule has 2 aromatic heterocycles. The van der Waals surface area contributed by atoms with Crippen LogP contribution in [0, 0.1) is 13.8 Å². The standard InChI is InChI=1S/C30H37N7O2/c1-4-22-10-11-26-23(17-22)18-25(30(38)31-26)28(29-32-33-34-37(29)19-24-8-6-16-39-24)36-14-12-35(13-15-36)27-9-5-7-20(2)21(27)3/h5,7,9-11,17-18,24,28H,4,6,8,12-16,19H2,1-3H3,(H,31,38)/t24-,28+/m1/s1. The van der Waals surface area contributed by atoms with E-state index in [2.05, 4.69) is 81.4 Å². The van der Waals surface area contributed by atoms with Crippen LogP contribution in [0.4, 0.5) is 5.69 Å². The lowest BCUT2D eigenvalue weighted by Crippen LogP contribution is -2.49. The predicted octanol–water partition coefficient (Wildman–Crippen LogP) is 3.78. The molecule has 0 bridgehead atoms. The average molecular weight is 528 g/mol. The van der Waals surface area contributed by atoms with Crippen LogP contribution in [0.5, 0.6) is 0 Å². The van der Waals surface area contributed by atoms with E-state index in [1.165, 1.54) is 22.4 Å². The molecular formula is C30H37N7O2. The third-order valence-electron chi connectivity index (χ3n) is 8.44. The summed E-state index contributed by atoms with van der Waals surface area (Å²) in [6.07, 6.45) is 3.08. The quantitative estimate of drug-likeness (QED) is 0.391. The summed E-state index contributed by atoms with van der Waals surface area (Å²) in [5, 5.41) is 14.0. The second-order valence-corrected chi connectivity index (χ2v) is 10.8. The minimum atomic E-state index is -0.361. The van der Waals surface area contributed by atoms with Gasteiger partial charge in [0.15, 0.2) is 5.82 Å². The molecule has 6 rings (SSSR count). The molecule has 2 aromatic carbocycles. The van der Waals surface area contributed by atoms with Crippen LogP contribution in [0.25, 0.3) is 10.9 Å². The fourth-order valence-corrected chi connectivity index (χ4v) is 6.01. The number of rotatable bonds is 7. The number of hydrogen-bond acceptors (Lipinski definition) is 7. The van der Waals surface area contributed by atoms with Crippen molar-refractivity contribution in [2.45, 2.75) is 58.7 Å². The lowest BCUT2D eigenvalue weighted by molar-refractivity contribution is 0.0906. The molecule has 39 heavy (non-hydrogen) atoms. The number of H-pyrrole nitrogens is 1. The van der Waals surface area contributed by atoms with Gasteiger partial charge in [-0.2, -0.15) is 0 Å². The molecule has 0 radical (unpaired) electrons. The first-order valence-corrected chi connectivity index (χ1v) is 14.1. The van der Waals surface area contributed by atoms with Crippen molar-refractivity contribution in [3.8, 4) is 0 Å². The average Bonchev–Trinajstić information content (AvgIpc) is 3.64. The number of nitrogens with zero attached hydrogens (tertiary/aromatic N) is 6. The minimum Gasteiger partial charge on any atom is -0.376 e. The Balaban J connectivity index is 1.37. The molecule has 2 atom stereocenters. The second kappa shape index (κ2) is 10.9. The Morgan fingerprint density at radius 2 is 1.95 bits per heavy atom. The van der Waals surface area contributed by atoms with Crippen molar-refractivity contribution >= 4 is 16.6 Å². The molecule has 1 N–H and O–H groups in total. The number of hydrogen-bond donors (Lipinski definition) is 1. The van der Waals surface area contributed by atoms with E-state index in [0.29, 0.717) is 17.9 Å². The molecule has 9 heteroatoms. The van der Waals surface area contributed by atoms with Gasteiger partial charge in [0.2, 0.25) is 0 Å². The van der Waals surface area contributed by atoms with Crippen molar-refractivity contribution < 1.29 is 4.74 Å². The number of tetrazole rings is 1. The number of nitrogens with one attached hydrogen (secondary N) is 1. The third kappa shape index (κ3) is 5.08. The highest BCUT2D eigenvalue weighted by Gasteiger charge is 2.34. The summed E-state index contributed by atoms with van der Waals surface area (Å²) < 4.78 is 7.75. The first-order chi connectivity index (χ1) is 19.0. The van der Waals surface area contributed by atoms with Gasteiger partial charge in [-0.05, 0) is 89.9 Å². The van der Waals surface area contributed by atoms with Gasteiger partial charge in [-0.3, -0.25) is 9.69 Å². The lowest BCUT2D eigenvalue weighted by Gasteiger charge is -2.40. The predicted molar refractivity (Wildman–Crippen MR) is 152 cm³/mol. The van der Waals surface area contributed by atoms with Gasteiger partial charge in [0, 0.05) is 49.6 Å². The fraction of sp³-hybridized carbons (Fsp3) is 0.467. The number of aromatic amines is 1. The van der Waals surface area contributed by atoms with Crippen molar-refractivity contribution in [3.05, 3.63) is 80.9 Å². The van der Waals surface area contributed by atoms with Crippen molar-refractivity contribution in [2.75, 3.05) is 37.7 Å². The Hall–Kier alpha value is -3.56. The van der Waals surface area contributed by atoms with Crippen molar-refractivity contribution in [3.63, 3.8) is 0 Å². The molecule has 0 unspecified atom stereocenters. The Bertz CT molecular complexity index is 1510. The van der Waals surface area contributed by atoms with Crippen LogP contribution in [0.3, 0.4) is 0 Å². The van der Waals surface area contributed by atoms with Gasteiger partial charge in [-0.15, -0.1) is 5.10 Å². The fourth-order valence-electron chi connectivity index (χ4n) is 6.01. The van der Waals surface area contributed by atoms with Crippen LogP contribution in [0.15, 0.2) is 47.3 Å². The van der Waals surface area contributed by atoms with E-state index in [1.54, 1.807) is 0 Å². The zero-order valence-corrected chi connectivity index (χ0v) is 23.1. The summed E-state index contributed by atoms with van der Waals surface area (Å²) in [5.41, 5.74) is 6.57. The Morgan fingerprint density at radius 3 is 2.72 bits per heavy atom. The maximum atomic E-state index is 13.6. The van der Waals surface area contributed by atoms with Crippen LogP contribution in [0.1, 0.15) is 53.9 Å². The van der Waals surface area contributed by atoms with E-state index >= 15 is 0 Å². The van der Waals surface area contributed by atoms with Gasteiger partial charge in [-0.1, -0.05) is 25.1 Å². The highest BCUT2D eigenvalue weighted by Crippen LogP contribution is 2.31. The second-order valence-electron chi connectivity index (χ2n) is 10.8. The monoisotopic (exact) mass is 527 g/mol. The topological polar surface area (TPSA) is 92.2 Å². The zero-order chi connectivity index (χ0) is 26.9.